The number of sulfone groups is 1. The topological polar surface area (TPSA) is 332 Å². The number of nitrogens with two attached hydrogens (primary N) is 1. The Labute approximate surface area is 402 Å². The van der Waals surface area contributed by atoms with Gasteiger partial charge in [-0.05, 0) is 36.1 Å². The molecule has 0 heterocycles. The summed E-state index contributed by atoms with van der Waals surface area (Å²) in [6.45, 7) is 0.736. The summed E-state index contributed by atoms with van der Waals surface area (Å²) < 4.78 is 125. The van der Waals surface area contributed by atoms with Crippen LogP contribution in [-0.4, -0.2) is 80.3 Å². The van der Waals surface area contributed by atoms with E-state index in [-0.39, 0.29) is 151 Å². The first-order chi connectivity index (χ1) is 25.8. The number of fused-ring (bicyclic) bond motifs is 1. The molecule has 29 heteroatoms. The fourth-order valence-corrected chi connectivity index (χ4v) is 7.67. The number of hydrogen-bond donors (Lipinski definition) is 2. The van der Waals surface area contributed by atoms with Crippen LogP contribution in [0.3, 0.4) is 0 Å². The van der Waals surface area contributed by atoms with E-state index in [9.17, 15) is 44.7 Å². The molecule has 0 saturated heterocycles. The monoisotopic (exact) mass is 915 g/mol. The third kappa shape index (κ3) is 13.1. The molecule has 4 aromatic carbocycles. The zero-order valence-electron chi connectivity index (χ0n) is 31.9. The summed E-state index contributed by atoms with van der Waals surface area (Å²) in [5, 5.41) is 41.1. The maximum Gasteiger partial charge on any atom is 1.00 e. The van der Waals surface area contributed by atoms with Gasteiger partial charge in [-0.2, -0.15) is 4.33 Å². The number of aryl methyl sites for hydroxylation is 1. The van der Waals surface area contributed by atoms with Crippen molar-refractivity contribution in [2.45, 2.75) is 21.6 Å². The van der Waals surface area contributed by atoms with Crippen molar-refractivity contribution >= 4 is 81.6 Å². The van der Waals surface area contributed by atoms with Gasteiger partial charge in [-0.1, -0.05) is 0 Å². The average molecular weight is 916 g/mol. The van der Waals surface area contributed by atoms with Crippen molar-refractivity contribution in [3.8, 4) is 28.7 Å². The molecule has 4 aromatic rings. The van der Waals surface area contributed by atoms with Crippen LogP contribution in [0.25, 0.3) is 10.8 Å². The van der Waals surface area contributed by atoms with E-state index in [1.54, 1.807) is 13.0 Å². The standard InChI is InChI=1S/C29H31N5O17S4.3Na/c1-14-8-19(46-3)16(11-18(14)45-2)31-33-27-22(52-51-50-36)9-15-10-24(54(39,40)41)28(26(30)25(15)29(27)35)34-32-17-12-21(48-5)23(13-20(17)47-4)53(37,38)7-6-49-55(42,43)44;;;/h8-13,35-36H,6-7,30H2,1-5H3,(H,39,40,41)(H,42,43,44);;;/q;3*+1/p-3. The molecule has 0 atom stereocenters. The first-order valence-electron chi connectivity index (χ1n) is 14.7. The van der Waals surface area contributed by atoms with Crippen molar-refractivity contribution < 1.29 is 166 Å². The fraction of sp³-hybridized carbons (Fsp3) is 0.241. The van der Waals surface area contributed by atoms with E-state index in [1.165, 1.54) is 20.3 Å². The molecule has 0 aromatic heterocycles. The molecule has 0 aliphatic rings. The summed E-state index contributed by atoms with van der Waals surface area (Å²) in [5.41, 5.74) is 5.09. The zero-order chi connectivity index (χ0) is 40.9. The van der Waals surface area contributed by atoms with Crippen LogP contribution in [0.5, 0.6) is 28.7 Å². The van der Waals surface area contributed by atoms with Gasteiger partial charge in [0.25, 0.3) is 0 Å². The molecule has 0 radical (unpaired) electrons. The second-order valence-corrected chi connectivity index (χ2v) is 15.8. The molecule has 0 fully saturated rings. The number of benzene rings is 4. The predicted octanol–water partition coefficient (Wildman–Crippen LogP) is -5.30. The Morgan fingerprint density at radius 2 is 1.26 bits per heavy atom. The number of methoxy groups -OCH3 is 4. The molecular weight excluding hydrogens is 888 g/mol. The SMILES string of the molecule is COc1cc(N=Nc2c(SOO[O-])cc3cc(S(=O)(=O)[O-])c(N=Nc4cc(OC)c(S(=O)(=O)CCOS(=O)(=O)[O-])cc4OC)c(N)c3c2O)c(OC)cc1C.[Na+].[Na+].[Na+]. The third-order valence-corrected chi connectivity index (χ3v) is 10.9. The second kappa shape index (κ2) is 22.8. The molecule has 4 rings (SSSR count). The van der Waals surface area contributed by atoms with Gasteiger partial charge in [0.15, 0.2) is 15.6 Å². The minimum atomic E-state index is -5.40. The maximum absolute atomic E-state index is 13.0. The van der Waals surface area contributed by atoms with Crippen LogP contribution >= 0.6 is 12.0 Å². The van der Waals surface area contributed by atoms with E-state index in [1.807, 2.05) is 0 Å². The van der Waals surface area contributed by atoms with Crippen molar-refractivity contribution in [2.75, 3.05) is 46.5 Å². The van der Waals surface area contributed by atoms with Crippen LogP contribution in [0.15, 0.2) is 71.5 Å². The minimum Gasteiger partial charge on any atom is -0.744 e. The van der Waals surface area contributed by atoms with Crippen LogP contribution in [0.4, 0.5) is 28.4 Å². The van der Waals surface area contributed by atoms with Gasteiger partial charge in [0.05, 0.1) is 73.7 Å². The average Bonchev–Trinajstić information content (AvgIpc) is 3.11. The number of aromatic hydroxyl groups is 1. The third-order valence-electron chi connectivity index (χ3n) is 7.33. The van der Waals surface area contributed by atoms with Gasteiger partial charge in [-0.15, -0.1) is 20.5 Å². The van der Waals surface area contributed by atoms with Gasteiger partial charge >= 0.3 is 88.7 Å². The Morgan fingerprint density at radius 3 is 1.78 bits per heavy atom. The smallest absolute Gasteiger partial charge is 0.744 e. The Morgan fingerprint density at radius 1 is 0.724 bits per heavy atom. The van der Waals surface area contributed by atoms with Gasteiger partial charge < -0.3 is 44.2 Å². The largest absolute Gasteiger partial charge is 1.00 e. The molecule has 22 nitrogen and oxygen atoms in total. The maximum atomic E-state index is 13.0. The van der Waals surface area contributed by atoms with Crippen LogP contribution in [0, 0.1) is 6.92 Å². The van der Waals surface area contributed by atoms with E-state index >= 15 is 0 Å². The molecule has 0 spiro atoms. The predicted molar refractivity (Wildman–Crippen MR) is 186 cm³/mol. The number of rotatable bonds is 17. The molecule has 0 saturated carbocycles. The Balaban J connectivity index is 0.00000561. The molecule has 58 heavy (non-hydrogen) atoms. The summed E-state index contributed by atoms with van der Waals surface area (Å²) >= 11 is 0.247. The summed E-state index contributed by atoms with van der Waals surface area (Å²) in [7, 11) is -10.00. The van der Waals surface area contributed by atoms with E-state index < -0.39 is 69.6 Å². The second-order valence-electron chi connectivity index (χ2n) is 10.6. The molecule has 0 aliphatic carbocycles. The number of anilines is 1. The summed E-state index contributed by atoms with van der Waals surface area (Å²) in [6, 6.07) is 6.95. The number of hydrogen-bond acceptors (Lipinski definition) is 23. The van der Waals surface area contributed by atoms with E-state index in [0.29, 0.717) is 11.3 Å². The number of ether oxygens (including phenoxy) is 4. The van der Waals surface area contributed by atoms with Gasteiger partial charge in [-0.25, -0.2) is 25.3 Å². The molecule has 3 N–H and O–H groups in total. The van der Waals surface area contributed by atoms with Gasteiger partial charge in [0.2, 0.25) is 10.4 Å². The molecule has 0 bridgehead atoms. The Hall–Kier alpha value is -1.90. The number of phenolic OH excluding ortho intramolecular Hbond substituents is 1. The van der Waals surface area contributed by atoms with Crippen LogP contribution in [-0.2, 0) is 43.9 Å². The number of nitrogen functional groups attached to an aromatic ring is 1. The molecular formula is C29H28N5Na3O17S4. The van der Waals surface area contributed by atoms with E-state index in [2.05, 4.69) is 34.0 Å². The first-order valence-corrected chi connectivity index (χ1v) is 19.8. The number of nitrogens with zero attached hydrogens (tertiary/aromatic N) is 4. The summed E-state index contributed by atoms with van der Waals surface area (Å²) in [6.07, 6.45) is 0. The summed E-state index contributed by atoms with van der Waals surface area (Å²) in [4.78, 5) is -1.74. The van der Waals surface area contributed by atoms with Crippen molar-refractivity contribution in [1.29, 1.82) is 0 Å². The number of phenols is 1. The first kappa shape index (κ1) is 54.1. The fourth-order valence-electron chi connectivity index (χ4n) is 4.87. The van der Waals surface area contributed by atoms with Gasteiger partial charge in [0.1, 0.15) is 60.8 Å². The molecule has 0 amide bonds. The molecule has 0 unspecified atom stereocenters. The van der Waals surface area contributed by atoms with Crippen LogP contribution in [0.1, 0.15) is 5.56 Å². The van der Waals surface area contributed by atoms with Crippen LogP contribution < -0.4 is 119 Å². The Bertz CT molecular complexity index is 2530. The van der Waals surface area contributed by atoms with Crippen molar-refractivity contribution in [3.63, 3.8) is 0 Å². The van der Waals surface area contributed by atoms with Crippen molar-refractivity contribution in [1.82, 2.24) is 0 Å². The van der Waals surface area contributed by atoms with E-state index in [4.69, 9.17) is 24.7 Å². The van der Waals surface area contributed by atoms with Crippen LogP contribution in [0.2, 0.25) is 0 Å². The van der Waals surface area contributed by atoms with E-state index in [0.717, 1.165) is 38.5 Å². The quantitative estimate of drug-likeness (QED) is 0.0146. The van der Waals surface area contributed by atoms with Gasteiger partial charge in [-0.3, -0.25) is 9.22 Å². The van der Waals surface area contributed by atoms with Gasteiger partial charge in [0, 0.05) is 18.2 Å². The molecule has 298 valence electrons. The van der Waals surface area contributed by atoms with Crippen molar-refractivity contribution in [3.05, 3.63) is 42.0 Å². The molecule has 0 aliphatic heterocycles. The zero-order valence-corrected chi connectivity index (χ0v) is 41.1. The summed E-state index contributed by atoms with van der Waals surface area (Å²) in [5.74, 6) is -1.75. The van der Waals surface area contributed by atoms with Crippen molar-refractivity contribution in [2.24, 2.45) is 20.5 Å². The normalized spacial score (nSPS) is 11.9. The number of azo groups is 2. The minimum absolute atomic E-state index is 0. The Kier molecular flexibility index (Phi) is 21.3.